The molecule has 0 aliphatic carbocycles. The van der Waals surface area contributed by atoms with Crippen molar-refractivity contribution in [1.29, 1.82) is 0 Å². The normalized spacial score (nSPS) is 24.8. The summed E-state index contributed by atoms with van der Waals surface area (Å²) in [5, 5.41) is 8.58. The molecule has 1 N–H and O–H groups in total. The minimum absolute atomic E-state index is 0.0532. The number of hydrogen-bond acceptors (Lipinski definition) is 4. The second-order valence-electron chi connectivity index (χ2n) is 5.29. The number of morpholine rings is 1. The Balaban J connectivity index is 1.78. The Kier molecular flexibility index (Phi) is 5.19. The summed E-state index contributed by atoms with van der Waals surface area (Å²) < 4.78 is 10.6. The van der Waals surface area contributed by atoms with E-state index in [-0.39, 0.29) is 24.8 Å². The van der Waals surface area contributed by atoms with Crippen molar-refractivity contribution in [3.8, 4) is 0 Å². The standard InChI is InChI=1S/C13H22N2O5/c1-10-8-19-7-6-15(10)13(18)14-4-2-11(3-5-14)20-9-12(16)17/h10-11H,2-9H2,1H3,(H,16,17). The molecule has 0 aromatic heterocycles. The molecule has 2 amide bonds. The first-order valence-electron chi connectivity index (χ1n) is 7.04. The number of piperidine rings is 1. The molecular weight excluding hydrogens is 264 g/mol. The zero-order valence-electron chi connectivity index (χ0n) is 11.8. The number of hydrogen-bond donors (Lipinski definition) is 1. The van der Waals surface area contributed by atoms with E-state index in [0.29, 0.717) is 45.7 Å². The van der Waals surface area contributed by atoms with E-state index in [4.69, 9.17) is 14.6 Å². The number of carbonyl (C=O) groups is 2. The van der Waals surface area contributed by atoms with Crippen LogP contribution in [0.15, 0.2) is 0 Å². The highest BCUT2D eigenvalue weighted by atomic mass is 16.5. The molecule has 2 rings (SSSR count). The molecule has 0 saturated carbocycles. The third-order valence-electron chi connectivity index (χ3n) is 3.77. The Morgan fingerprint density at radius 1 is 1.30 bits per heavy atom. The van der Waals surface area contributed by atoms with Crippen molar-refractivity contribution in [2.24, 2.45) is 0 Å². The molecule has 0 aromatic rings. The molecule has 20 heavy (non-hydrogen) atoms. The number of carbonyl (C=O) groups excluding carboxylic acids is 1. The summed E-state index contributed by atoms with van der Waals surface area (Å²) in [7, 11) is 0. The maximum absolute atomic E-state index is 12.4. The minimum atomic E-state index is -0.953. The number of nitrogens with zero attached hydrogens (tertiary/aromatic N) is 2. The number of amides is 2. The predicted octanol–water partition coefficient (Wildman–Crippen LogP) is 0.393. The molecule has 2 fully saturated rings. The lowest BCUT2D eigenvalue weighted by atomic mass is 10.1. The number of likely N-dealkylation sites (tertiary alicyclic amines) is 1. The second kappa shape index (κ2) is 6.90. The van der Waals surface area contributed by atoms with Crippen LogP contribution < -0.4 is 0 Å². The van der Waals surface area contributed by atoms with Gasteiger partial charge < -0.3 is 24.4 Å². The number of rotatable bonds is 3. The lowest BCUT2D eigenvalue weighted by Gasteiger charge is -2.39. The Labute approximate surface area is 118 Å². The summed E-state index contributed by atoms with van der Waals surface area (Å²) in [5.41, 5.74) is 0. The molecule has 1 atom stereocenters. The summed E-state index contributed by atoms with van der Waals surface area (Å²) in [5.74, 6) is -0.953. The Morgan fingerprint density at radius 3 is 2.60 bits per heavy atom. The van der Waals surface area contributed by atoms with Crippen LogP contribution in [0.1, 0.15) is 19.8 Å². The number of carboxylic acid groups (broad SMARTS) is 1. The predicted molar refractivity (Wildman–Crippen MR) is 70.6 cm³/mol. The van der Waals surface area contributed by atoms with Gasteiger partial charge in [-0.25, -0.2) is 9.59 Å². The lowest BCUT2D eigenvalue weighted by molar-refractivity contribution is -0.145. The summed E-state index contributed by atoms with van der Waals surface area (Å²) >= 11 is 0. The minimum Gasteiger partial charge on any atom is -0.480 e. The average molecular weight is 286 g/mol. The van der Waals surface area contributed by atoms with E-state index in [9.17, 15) is 9.59 Å². The molecule has 7 nitrogen and oxygen atoms in total. The summed E-state index contributed by atoms with van der Waals surface area (Å²) in [4.78, 5) is 26.5. The van der Waals surface area contributed by atoms with Gasteiger partial charge in [0.15, 0.2) is 0 Å². The fourth-order valence-corrected chi connectivity index (χ4v) is 2.60. The van der Waals surface area contributed by atoms with Crippen LogP contribution in [0.25, 0.3) is 0 Å². The van der Waals surface area contributed by atoms with Gasteiger partial charge in [-0.1, -0.05) is 0 Å². The van der Waals surface area contributed by atoms with Gasteiger partial charge in [0.25, 0.3) is 0 Å². The van der Waals surface area contributed by atoms with Crippen LogP contribution in [-0.4, -0.2) is 78.5 Å². The molecule has 0 radical (unpaired) electrons. The molecule has 0 bridgehead atoms. The maximum atomic E-state index is 12.4. The van der Waals surface area contributed by atoms with Crippen LogP contribution in [0.4, 0.5) is 4.79 Å². The van der Waals surface area contributed by atoms with Crippen molar-refractivity contribution in [2.45, 2.75) is 31.9 Å². The highest BCUT2D eigenvalue weighted by molar-refractivity contribution is 5.75. The van der Waals surface area contributed by atoms with Gasteiger partial charge in [0.1, 0.15) is 6.61 Å². The topological polar surface area (TPSA) is 79.3 Å². The van der Waals surface area contributed by atoms with Crippen molar-refractivity contribution in [2.75, 3.05) is 39.5 Å². The van der Waals surface area contributed by atoms with Crippen LogP contribution in [0, 0.1) is 0 Å². The van der Waals surface area contributed by atoms with Crippen molar-refractivity contribution >= 4 is 12.0 Å². The van der Waals surface area contributed by atoms with E-state index in [1.807, 2.05) is 16.7 Å². The Bertz CT molecular complexity index is 355. The SMILES string of the molecule is CC1COCCN1C(=O)N1CCC(OCC(=O)O)CC1. The summed E-state index contributed by atoms with van der Waals surface area (Å²) in [6, 6.07) is 0.162. The van der Waals surface area contributed by atoms with E-state index in [0.717, 1.165) is 0 Å². The number of aliphatic carboxylic acids is 1. The van der Waals surface area contributed by atoms with Gasteiger partial charge in [0.05, 0.1) is 25.4 Å². The third-order valence-corrected chi connectivity index (χ3v) is 3.77. The first kappa shape index (κ1) is 15.1. The molecule has 0 aromatic carbocycles. The van der Waals surface area contributed by atoms with Crippen molar-refractivity contribution in [3.63, 3.8) is 0 Å². The first-order chi connectivity index (χ1) is 9.58. The highest BCUT2D eigenvalue weighted by Crippen LogP contribution is 2.17. The number of urea groups is 1. The zero-order chi connectivity index (χ0) is 14.5. The van der Waals surface area contributed by atoms with Gasteiger partial charge in [0, 0.05) is 19.6 Å². The van der Waals surface area contributed by atoms with E-state index in [2.05, 4.69) is 0 Å². The smallest absolute Gasteiger partial charge is 0.329 e. The molecule has 2 aliphatic rings. The van der Waals surface area contributed by atoms with Crippen LogP contribution in [-0.2, 0) is 14.3 Å². The van der Waals surface area contributed by atoms with Crippen LogP contribution in [0.2, 0.25) is 0 Å². The van der Waals surface area contributed by atoms with E-state index >= 15 is 0 Å². The molecular formula is C13H22N2O5. The van der Waals surface area contributed by atoms with Crippen molar-refractivity contribution in [3.05, 3.63) is 0 Å². The summed E-state index contributed by atoms with van der Waals surface area (Å²) in [6.45, 7) is 4.77. The van der Waals surface area contributed by atoms with Gasteiger partial charge in [-0.2, -0.15) is 0 Å². The van der Waals surface area contributed by atoms with E-state index in [1.54, 1.807) is 0 Å². The molecule has 114 valence electrons. The van der Waals surface area contributed by atoms with E-state index < -0.39 is 5.97 Å². The maximum Gasteiger partial charge on any atom is 0.329 e. The Morgan fingerprint density at radius 2 is 2.00 bits per heavy atom. The van der Waals surface area contributed by atoms with Crippen molar-refractivity contribution < 1.29 is 24.2 Å². The number of carboxylic acids is 1. The van der Waals surface area contributed by atoms with Gasteiger partial charge in [-0.05, 0) is 19.8 Å². The van der Waals surface area contributed by atoms with Crippen molar-refractivity contribution in [1.82, 2.24) is 9.80 Å². The molecule has 2 aliphatic heterocycles. The number of ether oxygens (including phenoxy) is 2. The van der Waals surface area contributed by atoms with Crippen LogP contribution >= 0.6 is 0 Å². The monoisotopic (exact) mass is 286 g/mol. The molecule has 7 heteroatoms. The first-order valence-corrected chi connectivity index (χ1v) is 7.04. The van der Waals surface area contributed by atoms with Gasteiger partial charge in [-0.3, -0.25) is 0 Å². The van der Waals surface area contributed by atoms with Gasteiger partial charge >= 0.3 is 12.0 Å². The van der Waals surface area contributed by atoms with Crippen LogP contribution in [0.3, 0.4) is 0 Å². The van der Waals surface area contributed by atoms with Gasteiger partial charge in [0.2, 0.25) is 0 Å². The lowest BCUT2D eigenvalue weighted by Crippen LogP contribution is -2.54. The zero-order valence-corrected chi connectivity index (χ0v) is 11.8. The fraction of sp³-hybridized carbons (Fsp3) is 0.846. The molecule has 2 saturated heterocycles. The van der Waals surface area contributed by atoms with Gasteiger partial charge in [-0.15, -0.1) is 0 Å². The molecule has 2 heterocycles. The largest absolute Gasteiger partial charge is 0.480 e. The molecule has 0 spiro atoms. The highest BCUT2D eigenvalue weighted by Gasteiger charge is 2.30. The average Bonchev–Trinajstić information content (AvgIpc) is 2.45. The second-order valence-corrected chi connectivity index (χ2v) is 5.29. The molecule has 1 unspecified atom stereocenters. The van der Waals surface area contributed by atoms with Crippen LogP contribution in [0.5, 0.6) is 0 Å². The Hall–Kier alpha value is -1.34. The quantitative estimate of drug-likeness (QED) is 0.812. The summed E-state index contributed by atoms with van der Waals surface area (Å²) in [6.07, 6.45) is 1.33. The fourth-order valence-electron chi connectivity index (χ4n) is 2.60. The third kappa shape index (κ3) is 3.83. The van der Waals surface area contributed by atoms with E-state index in [1.165, 1.54) is 0 Å².